The topological polar surface area (TPSA) is 70.1 Å². The standard InChI is InChI=1S/C20H19F3N4O/c1-13-2-8-16(9-3-13)26-19-24-11-10-18(27-19)25-12-17(28)14-4-6-15(7-5-14)20(21,22)23/h2-11,17,28H,12H2,1H3,(H2,24,25,26,27). The van der Waals surface area contributed by atoms with Gasteiger partial charge in [0.2, 0.25) is 5.95 Å². The van der Waals surface area contributed by atoms with Gasteiger partial charge in [0, 0.05) is 18.4 Å². The highest BCUT2D eigenvalue weighted by Gasteiger charge is 2.30. The monoisotopic (exact) mass is 388 g/mol. The lowest BCUT2D eigenvalue weighted by atomic mass is 10.1. The fourth-order valence-electron chi connectivity index (χ4n) is 2.50. The molecule has 28 heavy (non-hydrogen) atoms. The molecule has 0 saturated carbocycles. The minimum Gasteiger partial charge on any atom is -0.387 e. The number of hydrogen-bond donors (Lipinski definition) is 3. The van der Waals surface area contributed by atoms with Gasteiger partial charge in [0.05, 0.1) is 11.7 Å². The first-order valence-electron chi connectivity index (χ1n) is 8.57. The maximum absolute atomic E-state index is 12.6. The Kier molecular flexibility index (Phi) is 5.79. The highest BCUT2D eigenvalue weighted by Crippen LogP contribution is 2.30. The number of aliphatic hydroxyl groups is 1. The fraction of sp³-hybridized carbons (Fsp3) is 0.200. The molecule has 3 N–H and O–H groups in total. The molecule has 0 aliphatic heterocycles. The maximum Gasteiger partial charge on any atom is 0.416 e. The Morgan fingerprint density at radius 2 is 1.68 bits per heavy atom. The van der Waals surface area contributed by atoms with E-state index in [1.807, 2.05) is 31.2 Å². The van der Waals surface area contributed by atoms with Crippen LogP contribution in [0.25, 0.3) is 0 Å². The number of aliphatic hydroxyl groups excluding tert-OH is 1. The van der Waals surface area contributed by atoms with E-state index >= 15 is 0 Å². The van der Waals surface area contributed by atoms with E-state index in [0.717, 1.165) is 23.4 Å². The summed E-state index contributed by atoms with van der Waals surface area (Å²) in [5.74, 6) is 0.869. The number of nitrogens with zero attached hydrogens (tertiary/aromatic N) is 2. The predicted octanol–water partition coefficient (Wildman–Crippen LogP) is 4.69. The molecule has 0 radical (unpaired) electrons. The van der Waals surface area contributed by atoms with Crippen molar-refractivity contribution < 1.29 is 18.3 Å². The van der Waals surface area contributed by atoms with E-state index in [1.54, 1.807) is 12.3 Å². The predicted molar refractivity (Wildman–Crippen MR) is 101 cm³/mol. The summed E-state index contributed by atoms with van der Waals surface area (Å²) in [6.07, 6.45) is -3.81. The largest absolute Gasteiger partial charge is 0.416 e. The number of nitrogens with one attached hydrogen (secondary N) is 2. The second kappa shape index (κ2) is 8.26. The van der Waals surface area contributed by atoms with Crippen molar-refractivity contribution in [2.24, 2.45) is 0 Å². The Hall–Kier alpha value is -3.13. The molecule has 3 aromatic rings. The molecule has 2 aromatic carbocycles. The molecule has 1 atom stereocenters. The average molecular weight is 388 g/mol. The molecule has 0 amide bonds. The zero-order valence-corrected chi connectivity index (χ0v) is 15.0. The third-order valence-electron chi connectivity index (χ3n) is 4.06. The highest BCUT2D eigenvalue weighted by molar-refractivity contribution is 5.55. The van der Waals surface area contributed by atoms with Crippen LogP contribution in [0.2, 0.25) is 0 Å². The normalized spacial score (nSPS) is 12.5. The van der Waals surface area contributed by atoms with Gasteiger partial charge in [0.25, 0.3) is 0 Å². The van der Waals surface area contributed by atoms with Crippen molar-refractivity contribution in [3.05, 3.63) is 77.5 Å². The lowest BCUT2D eigenvalue weighted by Gasteiger charge is -2.14. The molecule has 1 aromatic heterocycles. The molecule has 1 unspecified atom stereocenters. The molecule has 0 aliphatic carbocycles. The number of halogens is 3. The van der Waals surface area contributed by atoms with Crippen LogP contribution in [0.15, 0.2) is 60.8 Å². The molecule has 0 spiro atoms. The number of anilines is 3. The van der Waals surface area contributed by atoms with Crippen LogP contribution < -0.4 is 10.6 Å². The van der Waals surface area contributed by atoms with Crippen molar-refractivity contribution in [2.75, 3.05) is 17.2 Å². The van der Waals surface area contributed by atoms with Crippen molar-refractivity contribution in [2.45, 2.75) is 19.2 Å². The summed E-state index contributed by atoms with van der Waals surface area (Å²) in [4.78, 5) is 8.45. The van der Waals surface area contributed by atoms with Gasteiger partial charge in [-0.3, -0.25) is 0 Å². The Bertz CT molecular complexity index is 912. The summed E-state index contributed by atoms with van der Waals surface area (Å²) in [7, 11) is 0. The molecular weight excluding hydrogens is 369 g/mol. The molecule has 146 valence electrons. The average Bonchev–Trinajstić information content (AvgIpc) is 2.68. The molecule has 3 rings (SSSR count). The van der Waals surface area contributed by atoms with Crippen LogP contribution in [0.3, 0.4) is 0 Å². The number of benzene rings is 2. The minimum atomic E-state index is -4.40. The maximum atomic E-state index is 12.6. The number of alkyl halides is 3. The SMILES string of the molecule is Cc1ccc(Nc2nccc(NCC(O)c3ccc(C(F)(F)F)cc3)n2)cc1. The molecule has 5 nitrogen and oxygen atoms in total. The molecule has 0 aliphatic rings. The molecular formula is C20H19F3N4O. The summed E-state index contributed by atoms with van der Waals surface area (Å²) in [5.41, 5.74) is 1.61. The number of aryl methyl sites for hydroxylation is 1. The van der Waals surface area contributed by atoms with E-state index in [1.165, 1.54) is 12.1 Å². The summed E-state index contributed by atoms with van der Waals surface area (Å²) < 4.78 is 37.8. The Labute approximate surface area is 160 Å². The van der Waals surface area contributed by atoms with Crippen LogP contribution in [0, 0.1) is 6.92 Å². The smallest absolute Gasteiger partial charge is 0.387 e. The first kappa shape index (κ1) is 19.6. The number of rotatable bonds is 6. The van der Waals surface area contributed by atoms with Gasteiger partial charge in [-0.15, -0.1) is 0 Å². The van der Waals surface area contributed by atoms with Crippen LogP contribution in [0.4, 0.5) is 30.6 Å². The van der Waals surface area contributed by atoms with E-state index in [4.69, 9.17) is 0 Å². The third kappa shape index (κ3) is 5.20. The zero-order chi connectivity index (χ0) is 20.1. The van der Waals surface area contributed by atoms with Gasteiger partial charge in [-0.25, -0.2) is 4.98 Å². The second-order valence-corrected chi connectivity index (χ2v) is 6.27. The highest BCUT2D eigenvalue weighted by atomic mass is 19.4. The molecule has 1 heterocycles. The van der Waals surface area contributed by atoms with E-state index in [0.29, 0.717) is 17.3 Å². The van der Waals surface area contributed by atoms with Crippen molar-refractivity contribution in [3.63, 3.8) is 0 Å². The number of aromatic nitrogens is 2. The van der Waals surface area contributed by atoms with Crippen molar-refractivity contribution in [1.29, 1.82) is 0 Å². The summed E-state index contributed by atoms with van der Waals surface area (Å²) in [6.45, 7) is 2.08. The van der Waals surface area contributed by atoms with Crippen LogP contribution in [-0.4, -0.2) is 21.6 Å². The van der Waals surface area contributed by atoms with Crippen LogP contribution in [0.1, 0.15) is 22.8 Å². The van der Waals surface area contributed by atoms with Gasteiger partial charge in [-0.2, -0.15) is 18.2 Å². The first-order valence-corrected chi connectivity index (χ1v) is 8.57. The van der Waals surface area contributed by atoms with Crippen LogP contribution in [-0.2, 0) is 6.18 Å². The Morgan fingerprint density at radius 1 is 1.00 bits per heavy atom. The van der Waals surface area contributed by atoms with E-state index < -0.39 is 17.8 Å². The molecule has 0 saturated heterocycles. The van der Waals surface area contributed by atoms with Gasteiger partial charge in [-0.05, 0) is 42.8 Å². The van der Waals surface area contributed by atoms with Gasteiger partial charge in [-0.1, -0.05) is 29.8 Å². The van der Waals surface area contributed by atoms with Crippen molar-refractivity contribution in [1.82, 2.24) is 9.97 Å². The fourth-order valence-corrected chi connectivity index (χ4v) is 2.50. The van der Waals surface area contributed by atoms with Crippen LogP contribution in [0.5, 0.6) is 0 Å². The minimum absolute atomic E-state index is 0.0896. The first-order chi connectivity index (χ1) is 13.3. The quantitative estimate of drug-likeness (QED) is 0.571. The van der Waals surface area contributed by atoms with Crippen LogP contribution >= 0.6 is 0 Å². The zero-order valence-electron chi connectivity index (χ0n) is 15.0. The Balaban J connectivity index is 1.60. The lowest BCUT2D eigenvalue weighted by molar-refractivity contribution is -0.137. The van der Waals surface area contributed by atoms with Gasteiger partial charge < -0.3 is 15.7 Å². The lowest BCUT2D eigenvalue weighted by Crippen LogP contribution is -2.14. The molecule has 8 heteroatoms. The summed E-state index contributed by atoms with van der Waals surface area (Å²) in [6, 6.07) is 13.8. The van der Waals surface area contributed by atoms with E-state index in [2.05, 4.69) is 20.6 Å². The number of hydrogen-bond acceptors (Lipinski definition) is 5. The Morgan fingerprint density at radius 3 is 2.32 bits per heavy atom. The summed E-state index contributed by atoms with van der Waals surface area (Å²) in [5, 5.41) is 16.2. The van der Waals surface area contributed by atoms with E-state index in [-0.39, 0.29) is 6.54 Å². The second-order valence-electron chi connectivity index (χ2n) is 6.27. The van der Waals surface area contributed by atoms with Gasteiger partial charge in [0.15, 0.2) is 0 Å². The third-order valence-corrected chi connectivity index (χ3v) is 4.06. The summed E-state index contributed by atoms with van der Waals surface area (Å²) >= 11 is 0. The molecule has 0 fully saturated rings. The van der Waals surface area contributed by atoms with E-state index in [9.17, 15) is 18.3 Å². The van der Waals surface area contributed by atoms with Gasteiger partial charge in [0.1, 0.15) is 5.82 Å². The molecule has 0 bridgehead atoms. The van der Waals surface area contributed by atoms with Crippen molar-refractivity contribution in [3.8, 4) is 0 Å². The van der Waals surface area contributed by atoms with Crippen molar-refractivity contribution >= 4 is 17.5 Å². The van der Waals surface area contributed by atoms with Gasteiger partial charge >= 0.3 is 6.18 Å².